The lowest BCUT2D eigenvalue weighted by Gasteiger charge is -2.27. The molecule has 1 aliphatic heterocycles. The Balaban J connectivity index is 0.933. The van der Waals surface area contributed by atoms with Gasteiger partial charge in [-0.05, 0) is 119 Å². The number of fused-ring (bicyclic) bond motifs is 11. The number of hydrogen-bond acceptors (Lipinski definition) is 3. The lowest BCUT2D eigenvalue weighted by Crippen LogP contribution is -2.10. The van der Waals surface area contributed by atoms with Crippen LogP contribution in [0.5, 0.6) is 11.5 Å². The van der Waals surface area contributed by atoms with Crippen molar-refractivity contribution in [2.45, 2.75) is 0 Å². The van der Waals surface area contributed by atoms with E-state index in [1.807, 2.05) is 24.3 Å². The topological polar surface area (TPSA) is 35.5 Å². The van der Waals surface area contributed by atoms with Gasteiger partial charge < -0.3 is 23.2 Å². The molecule has 0 spiro atoms. The first-order valence-electron chi connectivity index (χ1n) is 22.1. The molecule has 0 saturated heterocycles. The molecular weight excluding hydrogens is 795 g/mol. The molecule has 0 amide bonds. The molecule has 4 heterocycles. The number of nitrogens with zero attached hydrogens (tertiary/aromatic N) is 3. The second-order valence-electron chi connectivity index (χ2n) is 16.9. The number of aromatic nitrogens is 2. The quantitative estimate of drug-likeness (QED) is 0.167. The fourth-order valence-corrected chi connectivity index (χ4v) is 10.4. The summed E-state index contributed by atoms with van der Waals surface area (Å²) in [5.41, 5.74) is 16.3. The summed E-state index contributed by atoms with van der Waals surface area (Å²) in [5, 5.41) is 7.10. The molecule has 0 fully saturated rings. The molecule has 0 bridgehead atoms. The van der Waals surface area contributed by atoms with E-state index in [0.29, 0.717) is 0 Å². The fourth-order valence-electron chi connectivity index (χ4n) is 10.4. The molecule has 0 aliphatic carbocycles. The molecule has 10 aromatic carbocycles. The summed E-state index contributed by atoms with van der Waals surface area (Å²) in [5.74, 6) is 1.74. The smallest absolute Gasteiger partial charge is 0.152 e. The monoisotopic (exact) mass is 831 g/mol. The van der Waals surface area contributed by atoms with Gasteiger partial charge in [0.1, 0.15) is 11.2 Å². The third-order valence-electron chi connectivity index (χ3n) is 13.3. The second-order valence-corrected chi connectivity index (χ2v) is 16.9. The summed E-state index contributed by atoms with van der Waals surface area (Å²) in [4.78, 5) is 2.38. The van der Waals surface area contributed by atoms with E-state index in [0.717, 1.165) is 95.2 Å². The number of ether oxygens (including phenoxy) is 1. The van der Waals surface area contributed by atoms with E-state index in [9.17, 15) is 0 Å². The predicted octanol–water partition coefficient (Wildman–Crippen LogP) is 16.7. The highest BCUT2D eigenvalue weighted by molar-refractivity contribution is 6.14. The molecule has 0 N–H and O–H groups in total. The maximum absolute atomic E-state index is 6.43. The minimum atomic E-state index is 0.865. The van der Waals surface area contributed by atoms with Gasteiger partial charge in [-0.1, -0.05) is 127 Å². The van der Waals surface area contributed by atoms with E-state index < -0.39 is 0 Å². The number of para-hydroxylation sites is 6. The Kier molecular flexibility index (Phi) is 7.62. The van der Waals surface area contributed by atoms with Crippen LogP contribution in [0, 0.1) is 0 Å². The first-order valence-corrected chi connectivity index (χ1v) is 22.1. The predicted molar refractivity (Wildman–Crippen MR) is 268 cm³/mol. The lowest BCUT2D eigenvalue weighted by atomic mass is 9.99. The maximum atomic E-state index is 6.43. The summed E-state index contributed by atoms with van der Waals surface area (Å²) in [6.45, 7) is 0. The van der Waals surface area contributed by atoms with Gasteiger partial charge in [0.05, 0.1) is 27.8 Å². The van der Waals surface area contributed by atoms with Crippen molar-refractivity contribution in [3.8, 4) is 45.1 Å². The van der Waals surface area contributed by atoms with Crippen LogP contribution in [0.2, 0.25) is 0 Å². The third kappa shape index (κ3) is 5.39. The van der Waals surface area contributed by atoms with Crippen molar-refractivity contribution in [3.63, 3.8) is 0 Å². The van der Waals surface area contributed by atoms with E-state index in [-0.39, 0.29) is 0 Å². The molecule has 13 aromatic rings. The maximum Gasteiger partial charge on any atom is 0.152 e. The van der Waals surface area contributed by atoms with Crippen molar-refractivity contribution in [1.29, 1.82) is 0 Å². The minimum Gasteiger partial charge on any atom is -0.456 e. The van der Waals surface area contributed by atoms with Gasteiger partial charge in [-0.25, -0.2) is 0 Å². The average Bonchev–Trinajstić information content (AvgIpc) is 4.03. The van der Waals surface area contributed by atoms with Gasteiger partial charge >= 0.3 is 0 Å². The normalized spacial score (nSPS) is 12.1. The molecule has 14 rings (SSSR count). The highest BCUT2D eigenvalue weighted by Crippen LogP contribution is 2.47. The van der Waals surface area contributed by atoms with E-state index in [1.165, 1.54) is 32.6 Å². The van der Waals surface area contributed by atoms with Crippen LogP contribution in [0.4, 0.5) is 17.1 Å². The van der Waals surface area contributed by atoms with Crippen molar-refractivity contribution in [2.75, 3.05) is 4.90 Å². The lowest BCUT2D eigenvalue weighted by molar-refractivity contribution is 0.476. The molecular formula is C60H37N3O2. The Morgan fingerprint density at radius 3 is 1.82 bits per heavy atom. The van der Waals surface area contributed by atoms with E-state index >= 15 is 0 Å². The fraction of sp³-hybridized carbons (Fsp3) is 0. The Hall–Kier alpha value is -8.80. The number of benzene rings is 10. The van der Waals surface area contributed by atoms with E-state index in [1.54, 1.807) is 0 Å². The van der Waals surface area contributed by atoms with Gasteiger partial charge in [0.25, 0.3) is 0 Å². The molecule has 0 saturated carbocycles. The standard InChI is InChI=1S/C60H37N3O2/c1-4-22-51-46(17-1)47-18-2-5-23-52(47)62(51)44-16-10-15-43(37-44)61(41-32-29-38(30-33-41)45-20-11-27-57-59(45)49-19-3-7-25-55(49)64-57)42-14-9-13-39(35-42)40-31-34-53-50(36-40)48-21-12-28-58-60(48)63(53)54-24-6-8-26-56(54)65-58/h1-37H. The van der Waals surface area contributed by atoms with Crippen molar-refractivity contribution in [1.82, 2.24) is 9.13 Å². The SMILES string of the molecule is c1cc(-c2ccc3c(c2)c2cccc4c2n3-c2ccccc2O4)cc(N(c2ccc(-c3cccc4oc5ccccc5c34)cc2)c2cccc(-n3c4ccccc4c4ccccc43)c2)c1. The molecule has 65 heavy (non-hydrogen) atoms. The van der Waals surface area contributed by atoms with Crippen molar-refractivity contribution in [2.24, 2.45) is 0 Å². The highest BCUT2D eigenvalue weighted by Gasteiger charge is 2.24. The number of rotatable bonds is 6. The molecule has 1 aliphatic rings. The number of anilines is 3. The molecule has 0 atom stereocenters. The van der Waals surface area contributed by atoms with Crippen LogP contribution >= 0.6 is 0 Å². The van der Waals surface area contributed by atoms with Gasteiger partial charge in [0.15, 0.2) is 11.5 Å². The Bertz CT molecular complexity index is 4000. The molecule has 304 valence electrons. The van der Waals surface area contributed by atoms with Gasteiger partial charge in [0.2, 0.25) is 0 Å². The average molecular weight is 832 g/mol. The zero-order valence-corrected chi connectivity index (χ0v) is 35.0. The second kappa shape index (κ2) is 13.9. The molecule has 0 radical (unpaired) electrons. The molecule has 5 nitrogen and oxygen atoms in total. The zero-order valence-electron chi connectivity index (χ0n) is 35.0. The molecule has 5 heteroatoms. The van der Waals surface area contributed by atoms with Crippen LogP contribution in [-0.4, -0.2) is 9.13 Å². The number of hydrogen-bond donors (Lipinski definition) is 0. The highest BCUT2D eigenvalue weighted by atomic mass is 16.5. The van der Waals surface area contributed by atoms with Crippen LogP contribution in [0.25, 0.3) is 99.2 Å². The summed E-state index contributed by atoms with van der Waals surface area (Å²) in [6, 6.07) is 80.4. The van der Waals surface area contributed by atoms with E-state index in [2.05, 4.69) is 214 Å². The summed E-state index contributed by atoms with van der Waals surface area (Å²) in [6.07, 6.45) is 0. The third-order valence-corrected chi connectivity index (χ3v) is 13.3. The number of furan rings is 1. The first kappa shape index (κ1) is 35.8. The summed E-state index contributed by atoms with van der Waals surface area (Å²) in [7, 11) is 0. The van der Waals surface area contributed by atoms with Crippen LogP contribution < -0.4 is 9.64 Å². The molecule has 3 aromatic heterocycles. The summed E-state index contributed by atoms with van der Waals surface area (Å²) < 4.78 is 17.5. The van der Waals surface area contributed by atoms with Crippen LogP contribution in [0.1, 0.15) is 0 Å². The van der Waals surface area contributed by atoms with Gasteiger partial charge in [-0.2, -0.15) is 0 Å². The van der Waals surface area contributed by atoms with Gasteiger partial charge in [-0.3, -0.25) is 0 Å². The van der Waals surface area contributed by atoms with Gasteiger partial charge in [0, 0.05) is 55.1 Å². The summed E-state index contributed by atoms with van der Waals surface area (Å²) >= 11 is 0. The van der Waals surface area contributed by atoms with Crippen molar-refractivity contribution < 1.29 is 9.15 Å². The van der Waals surface area contributed by atoms with Gasteiger partial charge in [-0.15, -0.1) is 0 Å². The minimum absolute atomic E-state index is 0.865. The molecule has 0 unspecified atom stereocenters. The van der Waals surface area contributed by atoms with Crippen LogP contribution in [0.3, 0.4) is 0 Å². The first-order chi connectivity index (χ1) is 32.2. The van der Waals surface area contributed by atoms with Crippen LogP contribution in [0.15, 0.2) is 229 Å². The largest absolute Gasteiger partial charge is 0.456 e. The Labute approximate surface area is 373 Å². The van der Waals surface area contributed by atoms with Crippen LogP contribution in [-0.2, 0) is 0 Å². The van der Waals surface area contributed by atoms with Crippen molar-refractivity contribution >= 4 is 82.6 Å². The Morgan fingerprint density at radius 1 is 0.354 bits per heavy atom. The Morgan fingerprint density at radius 2 is 0.969 bits per heavy atom. The van der Waals surface area contributed by atoms with Crippen molar-refractivity contribution in [3.05, 3.63) is 224 Å². The van der Waals surface area contributed by atoms with E-state index in [4.69, 9.17) is 9.15 Å². The zero-order chi connectivity index (χ0) is 42.6.